The molecule has 2 heterocycles. The Morgan fingerprint density at radius 2 is 1.63 bits per heavy atom. The van der Waals surface area contributed by atoms with Crippen molar-refractivity contribution in [1.29, 1.82) is 0 Å². The molecule has 4 rings (SSSR count). The molecule has 0 radical (unpaired) electrons. The van der Waals surface area contributed by atoms with Crippen LogP contribution in [0.15, 0.2) is 36.7 Å². The Morgan fingerprint density at radius 1 is 0.974 bits per heavy atom. The molecule has 1 fully saturated rings. The second-order valence-corrected chi connectivity index (χ2v) is 9.04. The highest BCUT2D eigenvalue weighted by Crippen LogP contribution is 2.44. The molecule has 11 nitrogen and oxygen atoms in total. The third kappa shape index (κ3) is 5.90. The average Bonchev–Trinajstić information content (AvgIpc) is 2.95. The highest BCUT2D eigenvalue weighted by Gasteiger charge is 2.22. The molecule has 202 valence electrons. The quantitative estimate of drug-likeness (QED) is 0.362. The lowest BCUT2D eigenvalue weighted by Gasteiger charge is -2.30. The van der Waals surface area contributed by atoms with Gasteiger partial charge in [-0.05, 0) is 12.1 Å². The lowest BCUT2D eigenvalue weighted by molar-refractivity contribution is 0.258. The molecule has 2 aromatic carbocycles. The van der Waals surface area contributed by atoms with E-state index < -0.39 is 6.03 Å². The van der Waals surface area contributed by atoms with Gasteiger partial charge in [-0.15, -0.1) is 0 Å². The van der Waals surface area contributed by atoms with Gasteiger partial charge in [0.05, 0.1) is 32.7 Å². The van der Waals surface area contributed by atoms with Crippen LogP contribution in [0.3, 0.4) is 0 Å². The minimum Gasteiger partial charge on any atom is -0.495 e. The molecule has 0 spiro atoms. The molecule has 1 saturated heterocycles. The van der Waals surface area contributed by atoms with Crippen molar-refractivity contribution in [3.05, 3.63) is 46.7 Å². The zero-order chi connectivity index (χ0) is 27.2. The van der Waals surface area contributed by atoms with Crippen LogP contribution in [0.5, 0.6) is 17.2 Å². The molecule has 0 unspecified atom stereocenters. The number of rotatable bonds is 8. The predicted octanol–water partition coefficient (Wildman–Crippen LogP) is 4.63. The van der Waals surface area contributed by atoms with Crippen LogP contribution < -0.4 is 40.0 Å². The number of carbonyl (C=O) groups is 1. The van der Waals surface area contributed by atoms with Crippen LogP contribution >= 0.6 is 23.2 Å². The number of piperazine rings is 1. The molecule has 0 saturated carbocycles. The molecule has 2 amide bonds. The van der Waals surface area contributed by atoms with Gasteiger partial charge in [0.2, 0.25) is 0 Å². The van der Waals surface area contributed by atoms with Crippen LogP contribution in [-0.4, -0.2) is 70.6 Å². The maximum absolute atomic E-state index is 13.1. The number of benzene rings is 2. The van der Waals surface area contributed by atoms with Gasteiger partial charge in [-0.25, -0.2) is 14.8 Å². The van der Waals surface area contributed by atoms with E-state index in [0.717, 1.165) is 43.3 Å². The first-order chi connectivity index (χ1) is 18.4. The number of halogens is 2. The Kier molecular flexibility index (Phi) is 8.82. The molecule has 0 atom stereocenters. The van der Waals surface area contributed by atoms with Gasteiger partial charge in [0, 0.05) is 57.1 Å². The summed E-state index contributed by atoms with van der Waals surface area (Å²) in [6, 6.07) is 8.54. The summed E-state index contributed by atoms with van der Waals surface area (Å²) in [4.78, 5) is 25.2. The average molecular weight is 562 g/mol. The second kappa shape index (κ2) is 12.2. The van der Waals surface area contributed by atoms with Gasteiger partial charge in [-0.3, -0.25) is 4.90 Å². The number of methoxy groups -OCH3 is 3. The topological polar surface area (TPSA) is 113 Å². The summed E-state index contributed by atoms with van der Waals surface area (Å²) in [6.07, 6.45) is 1.36. The van der Waals surface area contributed by atoms with E-state index in [9.17, 15) is 4.79 Å². The molecular weight excluding hydrogens is 533 g/mol. The van der Waals surface area contributed by atoms with Crippen LogP contribution in [0, 0.1) is 0 Å². The Labute approximate surface area is 231 Å². The minimum atomic E-state index is -0.532. The molecule has 3 N–H and O–H groups in total. The summed E-state index contributed by atoms with van der Waals surface area (Å²) in [6.45, 7) is 3.67. The van der Waals surface area contributed by atoms with Crippen molar-refractivity contribution >= 4 is 57.9 Å². The van der Waals surface area contributed by atoms with E-state index in [2.05, 4.69) is 30.8 Å². The van der Waals surface area contributed by atoms with Crippen LogP contribution in [0.1, 0.15) is 0 Å². The SMILES string of the molecule is COc1cc(Nc2cc(N(C)C(=O)Nc3c(Cl)c(OC)cc(OC)c3Cl)ncn2)ccc1N1CCNCC1. The second-order valence-electron chi connectivity index (χ2n) is 8.28. The fourth-order valence-corrected chi connectivity index (χ4v) is 4.55. The van der Waals surface area contributed by atoms with Crippen molar-refractivity contribution in [3.63, 3.8) is 0 Å². The zero-order valence-electron chi connectivity index (χ0n) is 21.5. The lowest BCUT2D eigenvalue weighted by atomic mass is 10.2. The van der Waals surface area contributed by atoms with Crippen molar-refractivity contribution in [2.75, 3.05) is 75.0 Å². The molecule has 3 aromatic rings. The molecule has 0 aliphatic carbocycles. The Balaban J connectivity index is 1.51. The first-order valence-corrected chi connectivity index (χ1v) is 12.5. The van der Waals surface area contributed by atoms with Gasteiger partial charge >= 0.3 is 6.03 Å². The largest absolute Gasteiger partial charge is 0.495 e. The van der Waals surface area contributed by atoms with Crippen molar-refractivity contribution in [3.8, 4) is 17.2 Å². The maximum Gasteiger partial charge on any atom is 0.327 e. The number of nitrogens with one attached hydrogen (secondary N) is 3. The van der Waals surface area contributed by atoms with Crippen molar-refractivity contribution in [2.24, 2.45) is 0 Å². The summed E-state index contributed by atoms with van der Waals surface area (Å²) in [5.74, 6) is 2.19. The molecule has 1 aliphatic rings. The molecule has 1 aliphatic heterocycles. The molecule has 13 heteroatoms. The fourth-order valence-electron chi connectivity index (χ4n) is 3.96. The van der Waals surface area contributed by atoms with Gasteiger partial charge in [0.1, 0.15) is 45.3 Å². The van der Waals surface area contributed by atoms with E-state index in [1.54, 1.807) is 20.2 Å². The van der Waals surface area contributed by atoms with Crippen molar-refractivity contribution in [1.82, 2.24) is 15.3 Å². The number of carbonyl (C=O) groups excluding carboxylic acids is 1. The lowest BCUT2D eigenvalue weighted by Crippen LogP contribution is -2.43. The monoisotopic (exact) mass is 561 g/mol. The van der Waals surface area contributed by atoms with E-state index in [-0.39, 0.29) is 15.7 Å². The number of hydrogen-bond donors (Lipinski definition) is 3. The minimum absolute atomic E-state index is 0.142. The molecular formula is C25H29Cl2N7O4. The summed E-state index contributed by atoms with van der Waals surface area (Å²) >= 11 is 12.8. The maximum atomic E-state index is 13.1. The van der Waals surface area contributed by atoms with Gasteiger partial charge in [-0.2, -0.15) is 0 Å². The fraction of sp³-hybridized carbons (Fsp3) is 0.320. The first-order valence-electron chi connectivity index (χ1n) is 11.7. The van der Waals surface area contributed by atoms with Crippen LogP contribution in [0.25, 0.3) is 0 Å². The molecule has 0 bridgehead atoms. The van der Waals surface area contributed by atoms with Gasteiger partial charge in [-0.1, -0.05) is 23.2 Å². The Hall–Kier alpha value is -3.67. The Bertz CT molecular complexity index is 1280. The van der Waals surface area contributed by atoms with Crippen LogP contribution in [0.4, 0.5) is 33.5 Å². The number of aromatic nitrogens is 2. The number of amides is 2. The third-order valence-electron chi connectivity index (χ3n) is 6.02. The summed E-state index contributed by atoms with van der Waals surface area (Å²) < 4.78 is 16.2. The van der Waals surface area contributed by atoms with Crippen LogP contribution in [-0.2, 0) is 0 Å². The predicted molar refractivity (Wildman–Crippen MR) is 150 cm³/mol. The van der Waals surface area contributed by atoms with Gasteiger partial charge in [0.25, 0.3) is 0 Å². The standard InChI is InChI=1S/C25H29Cl2N7O4/c1-33(25(35)32-24-22(26)18(37-3)12-19(38-4)23(24)27)21-13-20(29-14-30-21)31-15-5-6-16(17(11-15)36-2)34-9-7-28-8-10-34/h5-6,11-14,28H,7-10H2,1-4H3,(H,32,35)(H,29,30,31). The Morgan fingerprint density at radius 3 is 2.26 bits per heavy atom. The number of urea groups is 1. The summed E-state index contributed by atoms with van der Waals surface area (Å²) in [7, 11) is 6.12. The number of anilines is 5. The van der Waals surface area contributed by atoms with E-state index in [1.165, 1.54) is 31.5 Å². The normalized spacial score (nSPS) is 13.1. The number of ether oxygens (including phenoxy) is 3. The van der Waals surface area contributed by atoms with Crippen molar-refractivity contribution in [2.45, 2.75) is 0 Å². The first kappa shape index (κ1) is 27.4. The molecule has 1 aromatic heterocycles. The third-order valence-corrected chi connectivity index (χ3v) is 6.77. The van der Waals surface area contributed by atoms with Gasteiger partial charge < -0.3 is 35.1 Å². The summed E-state index contributed by atoms with van der Waals surface area (Å²) in [5, 5.41) is 9.59. The molecule has 38 heavy (non-hydrogen) atoms. The van der Waals surface area contributed by atoms with E-state index in [0.29, 0.717) is 23.1 Å². The van der Waals surface area contributed by atoms with Gasteiger partial charge in [0.15, 0.2) is 0 Å². The zero-order valence-corrected chi connectivity index (χ0v) is 23.0. The van der Waals surface area contributed by atoms with E-state index in [4.69, 9.17) is 37.4 Å². The highest BCUT2D eigenvalue weighted by atomic mass is 35.5. The number of hydrogen-bond acceptors (Lipinski definition) is 9. The summed E-state index contributed by atoms with van der Waals surface area (Å²) in [5.41, 5.74) is 1.97. The van der Waals surface area contributed by atoms with Crippen molar-refractivity contribution < 1.29 is 19.0 Å². The number of nitrogens with zero attached hydrogens (tertiary/aromatic N) is 4. The van der Waals surface area contributed by atoms with E-state index >= 15 is 0 Å². The highest BCUT2D eigenvalue weighted by molar-refractivity contribution is 6.41. The smallest absolute Gasteiger partial charge is 0.327 e. The van der Waals surface area contributed by atoms with Crippen LogP contribution in [0.2, 0.25) is 10.0 Å². The van der Waals surface area contributed by atoms with E-state index in [1.807, 2.05) is 18.2 Å².